The highest BCUT2D eigenvalue weighted by molar-refractivity contribution is 6.29. The SMILES string of the molecule is O=C(Nc1cncc(Cl)n1)c1cccc(C(F)(F)F)c1. The third-order valence-corrected chi connectivity index (χ3v) is 2.48. The maximum absolute atomic E-state index is 12.5. The highest BCUT2D eigenvalue weighted by Crippen LogP contribution is 2.29. The summed E-state index contributed by atoms with van der Waals surface area (Å²) in [5, 5.41) is 2.38. The van der Waals surface area contributed by atoms with E-state index in [1.54, 1.807) is 0 Å². The van der Waals surface area contributed by atoms with Gasteiger partial charge in [-0.2, -0.15) is 13.2 Å². The predicted molar refractivity (Wildman–Crippen MR) is 66.4 cm³/mol. The summed E-state index contributed by atoms with van der Waals surface area (Å²) in [6.07, 6.45) is -2.01. The van der Waals surface area contributed by atoms with E-state index < -0.39 is 17.6 Å². The molecular formula is C12H7ClF3N3O. The minimum atomic E-state index is -4.51. The van der Waals surface area contributed by atoms with Crippen LogP contribution in [0.3, 0.4) is 0 Å². The maximum atomic E-state index is 12.5. The normalized spacial score (nSPS) is 11.2. The topological polar surface area (TPSA) is 54.9 Å². The molecule has 0 saturated heterocycles. The fourth-order valence-corrected chi connectivity index (χ4v) is 1.58. The Hall–Kier alpha value is -2.15. The predicted octanol–water partition coefficient (Wildman–Crippen LogP) is 3.40. The van der Waals surface area contributed by atoms with E-state index in [0.29, 0.717) is 0 Å². The number of hydrogen-bond donors (Lipinski definition) is 1. The lowest BCUT2D eigenvalue weighted by Gasteiger charge is -2.08. The number of rotatable bonds is 2. The molecule has 0 aliphatic rings. The van der Waals surface area contributed by atoms with Gasteiger partial charge in [0.15, 0.2) is 5.82 Å². The van der Waals surface area contributed by atoms with Gasteiger partial charge in [0.2, 0.25) is 0 Å². The van der Waals surface area contributed by atoms with Gasteiger partial charge in [0.1, 0.15) is 5.15 Å². The lowest BCUT2D eigenvalue weighted by molar-refractivity contribution is -0.137. The lowest BCUT2D eigenvalue weighted by Crippen LogP contribution is -2.14. The number of hydrogen-bond acceptors (Lipinski definition) is 3. The summed E-state index contributed by atoms with van der Waals surface area (Å²) >= 11 is 5.59. The molecule has 0 fully saturated rings. The van der Waals surface area contributed by atoms with Crippen LogP contribution in [0.5, 0.6) is 0 Å². The molecular weight excluding hydrogens is 295 g/mol. The first-order valence-corrected chi connectivity index (χ1v) is 5.70. The second kappa shape index (κ2) is 5.46. The van der Waals surface area contributed by atoms with Gasteiger partial charge in [-0.15, -0.1) is 0 Å². The first-order chi connectivity index (χ1) is 9.36. The van der Waals surface area contributed by atoms with Crippen molar-refractivity contribution < 1.29 is 18.0 Å². The number of amides is 1. The van der Waals surface area contributed by atoms with Crippen LogP contribution < -0.4 is 5.32 Å². The Balaban J connectivity index is 2.22. The number of aromatic nitrogens is 2. The monoisotopic (exact) mass is 301 g/mol. The Labute approximate surface area is 116 Å². The zero-order valence-corrected chi connectivity index (χ0v) is 10.5. The first kappa shape index (κ1) is 14.3. The quantitative estimate of drug-likeness (QED) is 0.925. The molecule has 8 heteroatoms. The molecule has 2 rings (SSSR count). The van der Waals surface area contributed by atoms with Crippen molar-refractivity contribution in [3.05, 3.63) is 52.9 Å². The molecule has 1 amide bonds. The highest BCUT2D eigenvalue weighted by atomic mass is 35.5. The molecule has 0 spiro atoms. The Morgan fingerprint density at radius 1 is 1.25 bits per heavy atom. The van der Waals surface area contributed by atoms with Crippen LogP contribution in [0.2, 0.25) is 5.15 Å². The minimum Gasteiger partial charge on any atom is -0.305 e. The standard InChI is InChI=1S/C12H7ClF3N3O/c13-9-5-17-6-10(18-9)19-11(20)7-2-1-3-8(4-7)12(14,15)16/h1-6H,(H,18,19,20). The number of carbonyl (C=O) groups is 1. The summed E-state index contributed by atoms with van der Waals surface area (Å²) in [6.45, 7) is 0. The first-order valence-electron chi connectivity index (χ1n) is 5.32. The Morgan fingerprint density at radius 3 is 2.65 bits per heavy atom. The van der Waals surface area contributed by atoms with Crippen molar-refractivity contribution in [3.63, 3.8) is 0 Å². The van der Waals surface area contributed by atoms with Crippen LogP contribution >= 0.6 is 11.6 Å². The number of nitrogens with zero attached hydrogens (tertiary/aromatic N) is 2. The summed E-state index contributed by atoms with van der Waals surface area (Å²) in [6, 6.07) is 4.06. The molecule has 104 valence electrons. The number of nitrogens with one attached hydrogen (secondary N) is 1. The Morgan fingerprint density at radius 2 is 2.00 bits per heavy atom. The molecule has 1 aromatic heterocycles. The van der Waals surface area contributed by atoms with Crippen molar-refractivity contribution in [1.82, 2.24) is 9.97 Å². The van der Waals surface area contributed by atoms with Gasteiger partial charge in [0.25, 0.3) is 5.91 Å². The van der Waals surface area contributed by atoms with Crippen LogP contribution in [0.15, 0.2) is 36.7 Å². The van der Waals surface area contributed by atoms with E-state index >= 15 is 0 Å². The lowest BCUT2D eigenvalue weighted by atomic mass is 10.1. The van der Waals surface area contributed by atoms with Crippen molar-refractivity contribution in [2.24, 2.45) is 0 Å². The summed E-state index contributed by atoms with van der Waals surface area (Å²) < 4.78 is 37.6. The van der Waals surface area contributed by atoms with E-state index in [-0.39, 0.29) is 16.5 Å². The molecule has 1 heterocycles. The number of halogens is 4. The zero-order valence-electron chi connectivity index (χ0n) is 9.78. The third-order valence-electron chi connectivity index (χ3n) is 2.30. The molecule has 1 N–H and O–H groups in total. The second-order valence-corrected chi connectivity index (χ2v) is 4.15. The van der Waals surface area contributed by atoms with Crippen LogP contribution in [0, 0.1) is 0 Å². The average molecular weight is 302 g/mol. The van der Waals surface area contributed by atoms with Crippen molar-refractivity contribution >= 4 is 23.3 Å². The molecule has 0 saturated carbocycles. The maximum Gasteiger partial charge on any atom is 0.416 e. The number of anilines is 1. The Bertz CT molecular complexity index is 646. The van der Waals surface area contributed by atoms with Gasteiger partial charge in [-0.3, -0.25) is 9.78 Å². The molecule has 0 bridgehead atoms. The molecule has 2 aromatic rings. The minimum absolute atomic E-state index is 0.0555. The number of benzene rings is 1. The molecule has 1 aromatic carbocycles. The van der Waals surface area contributed by atoms with Crippen LogP contribution in [-0.4, -0.2) is 15.9 Å². The smallest absolute Gasteiger partial charge is 0.305 e. The van der Waals surface area contributed by atoms with Crippen LogP contribution in [0.4, 0.5) is 19.0 Å². The molecule has 0 unspecified atom stereocenters. The fraction of sp³-hybridized carbons (Fsp3) is 0.0833. The van der Waals surface area contributed by atoms with E-state index in [1.165, 1.54) is 18.5 Å². The molecule has 0 aliphatic carbocycles. The summed E-state index contributed by atoms with van der Waals surface area (Å²) in [5.41, 5.74) is -1.04. The van der Waals surface area contributed by atoms with Gasteiger partial charge < -0.3 is 5.32 Å². The van der Waals surface area contributed by atoms with E-state index in [2.05, 4.69) is 15.3 Å². The van der Waals surface area contributed by atoms with Crippen molar-refractivity contribution in [1.29, 1.82) is 0 Å². The van der Waals surface area contributed by atoms with Gasteiger partial charge in [-0.1, -0.05) is 17.7 Å². The molecule has 0 radical (unpaired) electrons. The van der Waals surface area contributed by atoms with E-state index in [0.717, 1.165) is 18.2 Å². The molecule has 0 atom stereocenters. The van der Waals surface area contributed by atoms with E-state index in [9.17, 15) is 18.0 Å². The second-order valence-electron chi connectivity index (χ2n) is 3.76. The molecule has 20 heavy (non-hydrogen) atoms. The molecule has 0 aliphatic heterocycles. The summed E-state index contributed by atoms with van der Waals surface area (Å²) in [5.74, 6) is -0.674. The summed E-state index contributed by atoms with van der Waals surface area (Å²) in [4.78, 5) is 19.3. The van der Waals surface area contributed by atoms with Crippen LogP contribution in [0.1, 0.15) is 15.9 Å². The van der Waals surface area contributed by atoms with Gasteiger partial charge >= 0.3 is 6.18 Å². The van der Waals surface area contributed by atoms with Gasteiger partial charge in [0.05, 0.1) is 18.0 Å². The van der Waals surface area contributed by atoms with Gasteiger partial charge in [-0.25, -0.2) is 4.98 Å². The molecule has 4 nitrogen and oxygen atoms in total. The van der Waals surface area contributed by atoms with E-state index in [4.69, 9.17) is 11.6 Å². The third kappa shape index (κ3) is 3.45. The van der Waals surface area contributed by atoms with Crippen molar-refractivity contribution in [2.45, 2.75) is 6.18 Å². The number of alkyl halides is 3. The largest absolute Gasteiger partial charge is 0.416 e. The average Bonchev–Trinajstić information content (AvgIpc) is 2.38. The Kier molecular flexibility index (Phi) is 3.89. The summed E-state index contributed by atoms with van der Waals surface area (Å²) in [7, 11) is 0. The van der Waals surface area contributed by atoms with Gasteiger partial charge in [0, 0.05) is 5.56 Å². The zero-order chi connectivity index (χ0) is 14.8. The van der Waals surface area contributed by atoms with Crippen LogP contribution in [0.25, 0.3) is 0 Å². The van der Waals surface area contributed by atoms with Gasteiger partial charge in [-0.05, 0) is 18.2 Å². The van der Waals surface area contributed by atoms with Crippen molar-refractivity contribution in [2.75, 3.05) is 5.32 Å². The van der Waals surface area contributed by atoms with E-state index in [1.807, 2.05) is 0 Å². The van der Waals surface area contributed by atoms with Crippen molar-refractivity contribution in [3.8, 4) is 0 Å². The highest BCUT2D eigenvalue weighted by Gasteiger charge is 2.30. The number of carbonyl (C=O) groups excluding carboxylic acids is 1. The van der Waals surface area contributed by atoms with Crippen LogP contribution in [-0.2, 0) is 6.18 Å². The fourth-order valence-electron chi connectivity index (χ4n) is 1.43.